The number of hydrogen-bond acceptors (Lipinski definition) is 7. The number of nitrogens with zero attached hydrogens (tertiary/aromatic N) is 5. The molecule has 0 saturated heterocycles. The fraction of sp³-hybridized carbons (Fsp3) is 0.208. The second kappa shape index (κ2) is 9.70. The zero-order valence-corrected chi connectivity index (χ0v) is 20.2. The lowest BCUT2D eigenvalue weighted by Gasteiger charge is -2.17. The van der Waals surface area contributed by atoms with Gasteiger partial charge in [0.05, 0.1) is 16.9 Å². The van der Waals surface area contributed by atoms with Gasteiger partial charge in [-0.15, -0.1) is 0 Å². The molecule has 4 rings (SSSR count). The number of ether oxygens (including phenoxy) is 1. The minimum atomic E-state index is -0.855. The fourth-order valence-corrected chi connectivity index (χ4v) is 3.94. The van der Waals surface area contributed by atoms with E-state index in [2.05, 4.69) is 9.98 Å². The molecule has 0 aliphatic carbocycles. The summed E-state index contributed by atoms with van der Waals surface area (Å²) in [7, 11) is 0. The van der Waals surface area contributed by atoms with E-state index >= 15 is 0 Å². The molecule has 0 aliphatic rings. The maximum Gasteiger partial charge on any atom is 0.341 e. The summed E-state index contributed by atoms with van der Waals surface area (Å²) >= 11 is 5.86. The third-order valence-corrected chi connectivity index (χ3v) is 5.66. The minimum absolute atomic E-state index is 0.0459. The van der Waals surface area contributed by atoms with E-state index in [0.717, 1.165) is 6.07 Å². The topological polar surface area (TPSA) is 138 Å². The number of carbonyl (C=O) groups excluding carboxylic acids is 2. The Hall–Kier alpha value is -4.38. The van der Waals surface area contributed by atoms with E-state index in [4.69, 9.17) is 16.3 Å². The Bertz CT molecular complexity index is 1690. The van der Waals surface area contributed by atoms with Crippen molar-refractivity contribution in [2.75, 3.05) is 6.61 Å². The predicted molar refractivity (Wildman–Crippen MR) is 131 cm³/mol. The molecule has 4 aromatic rings. The molecule has 0 spiro atoms. The second-order valence-electron chi connectivity index (χ2n) is 7.99. The number of carbonyl (C=O) groups is 2. The lowest BCUT2D eigenvalue weighted by Crippen LogP contribution is -2.33. The fourth-order valence-electron chi connectivity index (χ4n) is 3.75. The van der Waals surface area contributed by atoms with Crippen LogP contribution in [0.25, 0.3) is 16.7 Å². The molecule has 0 saturated carbocycles. The quantitative estimate of drug-likeness (QED) is 0.173. The van der Waals surface area contributed by atoms with E-state index in [-0.39, 0.29) is 39.3 Å². The number of benzene rings is 1. The third kappa shape index (κ3) is 4.36. The first kappa shape index (κ1) is 24.7. The van der Waals surface area contributed by atoms with E-state index in [1.165, 1.54) is 27.2 Å². The van der Waals surface area contributed by atoms with E-state index < -0.39 is 34.1 Å². The highest BCUT2D eigenvalue weighted by atomic mass is 35.5. The van der Waals surface area contributed by atoms with Crippen LogP contribution in [0.4, 0.5) is 5.69 Å². The van der Waals surface area contributed by atoms with E-state index in [1.807, 2.05) is 0 Å². The van der Waals surface area contributed by atoms with Crippen molar-refractivity contribution >= 4 is 45.8 Å². The summed E-state index contributed by atoms with van der Waals surface area (Å²) < 4.78 is 8.02. The van der Waals surface area contributed by atoms with E-state index in [1.54, 1.807) is 45.2 Å². The van der Waals surface area contributed by atoms with Gasteiger partial charge >= 0.3 is 5.97 Å². The van der Waals surface area contributed by atoms with E-state index in [0.29, 0.717) is 5.65 Å². The Balaban J connectivity index is 2.11. The number of nitro benzene ring substituents is 1. The first-order valence-electron chi connectivity index (χ1n) is 10.9. The van der Waals surface area contributed by atoms with Crippen LogP contribution in [0.5, 0.6) is 0 Å². The first-order valence-corrected chi connectivity index (χ1v) is 11.3. The van der Waals surface area contributed by atoms with Gasteiger partial charge in [-0.25, -0.2) is 9.78 Å². The highest BCUT2D eigenvalue weighted by Gasteiger charge is 2.22. The molecule has 0 atom stereocenters. The Morgan fingerprint density at radius 3 is 2.64 bits per heavy atom. The molecule has 0 radical (unpaired) electrons. The van der Waals surface area contributed by atoms with Gasteiger partial charge in [-0.3, -0.25) is 24.1 Å². The highest BCUT2D eigenvalue weighted by molar-refractivity contribution is 6.32. The van der Waals surface area contributed by atoms with Gasteiger partial charge in [-0.05, 0) is 51.1 Å². The Morgan fingerprint density at radius 2 is 1.97 bits per heavy atom. The molecule has 0 unspecified atom stereocenters. The monoisotopic (exact) mass is 509 g/mol. The number of rotatable bonds is 5. The molecule has 0 fully saturated rings. The number of fused-ring (bicyclic) bond motifs is 2. The number of aromatic nitrogens is 3. The van der Waals surface area contributed by atoms with Crippen LogP contribution >= 0.6 is 11.6 Å². The third-order valence-electron chi connectivity index (χ3n) is 5.34. The summed E-state index contributed by atoms with van der Waals surface area (Å²) in [6.45, 7) is 5.22. The summed E-state index contributed by atoms with van der Waals surface area (Å²) in [6, 6.07) is 9.49. The van der Waals surface area contributed by atoms with Gasteiger partial charge in [-0.2, -0.15) is 4.99 Å². The van der Waals surface area contributed by atoms with Crippen molar-refractivity contribution in [3.05, 3.63) is 90.8 Å². The molecule has 3 heterocycles. The molecule has 12 heteroatoms. The minimum Gasteiger partial charge on any atom is -0.462 e. The number of nitro groups is 1. The van der Waals surface area contributed by atoms with Crippen LogP contribution in [0.1, 0.15) is 47.5 Å². The van der Waals surface area contributed by atoms with Crippen molar-refractivity contribution in [2.45, 2.75) is 26.8 Å². The molecule has 184 valence electrons. The number of amides is 1. The SMILES string of the molecule is CCOC(=O)c1cc2c(=O)n3ccccc3nc2n(C(C)C)c1=NC(=O)c1ccc(Cl)c([N+](=O)[O-])c1. The smallest absolute Gasteiger partial charge is 0.341 e. The maximum absolute atomic E-state index is 13.3. The molecular weight excluding hydrogens is 490 g/mol. The zero-order chi connectivity index (χ0) is 26.1. The van der Waals surface area contributed by atoms with Gasteiger partial charge in [0.1, 0.15) is 21.9 Å². The standard InChI is InChI=1S/C24H20ClN5O6/c1-4-36-24(33)16-12-15-20(26-19-7-5-6-10-28(19)23(15)32)29(13(2)3)21(16)27-22(31)14-8-9-17(25)18(11-14)30(34)35/h5-13H,4H2,1-3H3. The first-order chi connectivity index (χ1) is 17.1. The summed E-state index contributed by atoms with van der Waals surface area (Å²) in [6.07, 6.45) is 1.56. The number of pyridine rings is 2. The Kier molecular flexibility index (Phi) is 6.67. The van der Waals surface area contributed by atoms with Crippen molar-refractivity contribution in [3.63, 3.8) is 0 Å². The lowest BCUT2D eigenvalue weighted by molar-refractivity contribution is -0.384. The Labute approximate surface area is 208 Å². The number of esters is 1. The molecular formula is C24H20ClN5O6. The van der Waals surface area contributed by atoms with Crippen LogP contribution in [-0.2, 0) is 4.74 Å². The molecule has 1 amide bonds. The molecule has 3 aromatic heterocycles. The average Bonchev–Trinajstić information content (AvgIpc) is 2.83. The molecule has 36 heavy (non-hydrogen) atoms. The van der Waals surface area contributed by atoms with Gasteiger partial charge in [0.15, 0.2) is 5.49 Å². The summed E-state index contributed by atoms with van der Waals surface area (Å²) in [4.78, 5) is 58.6. The van der Waals surface area contributed by atoms with Crippen LogP contribution in [0.2, 0.25) is 5.02 Å². The van der Waals surface area contributed by atoms with Crippen molar-refractivity contribution in [1.82, 2.24) is 14.0 Å². The van der Waals surface area contributed by atoms with Crippen LogP contribution in [0, 0.1) is 10.1 Å². The van der Waals surface area contributed by atoms with Crippen LogP contribution in [0.15, 0.2) is 58.4 Å². The molecule has 0 N–H and O–H groups in total. The van der Waals surface area contributed by atoms with Crippen LogP contribution < -0.4 is 11.0 Å². The zero-order valence-electron chi connectivity index (χ0n) is 19.5. The largest absolute Gasteiger partial charge is 0.462 e. The summed E-state index contributed by atoms with van der Waals surface area (Å²) in [5.41, 5.74) is -0.624. The van der Waals surface area contributed by atoms with Gasteiger partial charge in [0.2, 0.25) is 0 Å². The van der Waals surface area contributed by atoms with E-state index in [9.17, 15) is 24.5 Å². The van der Waals surface area contributed by atoms with Crippen molar-refractivity contribution in [1.29, 1.82) is 0 Å². The molecule has 0 bridgehead atoms. The van der Waals surface area contributed by atoms with Crippen molar-refractivity contribution in [2.24, 2.45) is 4.99 Å². The lowest BCUT2D eigenvalue weighted by atomic mass is 10.1. The highest BCUT2D eigenvalue weighted by Crippen LogP contribution is 2.25. The predicted octanol–water partition coefficient (Wildman–Crippen LogP) is 3.71. The summed E-state index contributed by atoms with van der Waals surface area (Å²) in [5, 5.41) is 11.3. The van der Waals surface area contributed by atoms with Crippen LogP contribution in [0.3, 0.4) is 0 Å². The molecule has 11 nitrogen and oxygen atoms in total. The normalized spacial score (nSPS) is 11.9. The number of halogens is 1. The Morgan fingerprint density at radius 1 is 1.22 bits per heavy atom. The van der Waals surface area contributed by atoms with Gasteiger partial charge < -0.3 is 9.30 Å². The van der Waals surface area contributed by atoms with Gasteiger partial charge in [0, 0.05) is 23.9 Å². The van der Waals surface area contributed by atoms with Crippen molar-refractivity contribution < 1.29 is 19.2 Å². The average molecular weight is 510 g/mol. The molecule has 0 aliphatic heterocycles. The maximum atomic E-state index is 13.3. The van der Waals surface area contributed by atoms with Crippen molar-refractivity contribution in [3.8, 4) is 0 Å². The van der Waals surface area contributed by atoms with Crippen LogP contribution in [-0.4, -0.2) is 37.4 Å². The second-order valence-corrected chi connectivity index (χ2v) is 8.40. The van der Waals surface area contributed by atoms with Gasteiger partial charge in [0.25, 0.3) is 17.2 Å². The summed E-state index contributed by atoms with van der Waals surface area (Å²) in [5.74, 6) is -1.65. The molecule has 1 aromatic carbocycles. The number of hydrogen-bond donors (Lipinski definition) is 0. The van der Waals surface area contributed by atoms with Gasteiger partial charge in [-0.1, -0.05) is 17.7 Å².